The van der Waals surface area contributed by atoms with Gasteiger partial charge in [-0.2, -0.15) is 0 Å². The summed E-state index contributed by atoms with van der Waals surface area (Å²) in [7, 11) is 1.58. The molecule has 4 rings (SSSR count). The molecule has 1 atom stereocenters. The molecule has 0 bridgehead atoms. The molecular weight excluding hydrogens is 400 g/mol. The zero-order valence-electron chi connectivity index (χ0n) is 16.6. The number of aromatic nitrogens is 2. The lowest BCUT2D eigenvalue weighted by Gasteiger charge is -2.17. The lowest BCUT2D eigenvalue weighted by atomic mass is 10.1. The molecule has 2 aromatic carbocycles. The van der Waals surface area contributed by atoms with Gasteiger partial charge in [0.25, 0.3) is 0 Å². The van der Waals surface area contributed by atoms with Crippen LogP contribution in [0.5, 0.6) is 5.75 Å². The number of nitrogens with zero attached hydrogens (tertiary/aromatic N) is 3. The first kappa shape index (κ1) is 20.0. The third kappa shape index (κ3) is 4.65. The van der Waals surface area contributed by atoms with Crippen LogP contribution in [0.15, 0.2) is 54.6 Å². The van der Waals surface area contributed by atoms with Crippen molar-refractivity contribution in [1.82, 2.24) is 10.2 Å². The summed E-state index contributed by atoms with van der Waals surface area (Å²) in [6, 6.07) is 17.4. The molecule has 2 heterocycles. The van der Waals surface area contributed by atoms with Gasteiger partial charge in [0, 0.05) is 31.1 Å². The van der Waals surface area contributed by atoms with Crippen molar-refractivity contribution in [2.75, 3.05) is 23.9 Å². The Morgan fingerprint density at radius 3 is 2.80 bits per heavy atom. The lowest BCUT2D eigenvalue weighted by Crippen LogP contribution is -2.28. The van der Waals surface area contributed by atoms with E-state index in [-0.39, 0.29) is 18.2 Å². The maximum atomic E-state index is 12.7. The molecule has 1 fully saturated rings. The van der Waals surface area contributed by atoms with Crippen LogP contribution < -0.4 is 15.0 Å². The summed E-state index contributed by atoms with van der Waals surface area (Å²) < 4.78 is 5.22. The highest BCUT2D eigenvalue weighted by Gasteiger charge is 2.35. The number of amides is 2. The highest BCUT2D eigenvalue weighted by atomic mass is 32.1. The number of methoxy groups -OCH3 is 1. The Labute approximate surface area is 178 Å². The molecule has 154 valence electrons. The minimum atomic E-state index is -0.430. The standard InChI is InChI=1S/C22H22N4O3S/c1-29-18-9-5-8-17(13-18)26-14-16(12-20(26)27)21(28)23-22-25-24-19(30-22)11-10-15-6-3-2-4-7-15/h2-9,13,16H,10-12,14H2,1H3,(H,23,25,28)/t16-/m1/s1. The Bertz CT molecular complexity index is 1040. The summed E-state index contributed by atoms with van der Waals surface area (Å²) in [5.74, 6) is -0.0471. The Morgan fingerprint density at radius 1 is 1.17 bits per heavy atom. The Balaban J connectivity index is 1.34. The van der Waals surface area contributed by atoms with Crippen molar-refractivity contribution in [2.24, 2.45) is 5.92 Å². The number of hydrogen-bond donors (Lipinski definition) is 1. The molecule has 7 nitrogen and oxygen atoms in total. The Hall–Kier alpha value is -3.26. The second-order valence-electron chi connectivity index (χ2n) is 7.08. The predicted octanol–water partition coefficient (Wildman–Crippen LogP) is 3.32. The lowest BCUT2D eigenvalue weighted by molar-refractivity contribution is -0.122. The van der Waals surface area contributed by atoms with E-state index in [2.05, 4.69) is 27.6 Å². The fourth-order valence-electron chi connectivity index (χ4n) is 3.42. The molecule has 1 aromatic heterocycles. The first-order valence-electron chi connectivity index (χ1n) is 9.74. The first-order chi connectivity index (χ1) is 14.6. The van der Waals surface area contributed by atoms with Crippen molar-refractivity contribution in [3.63, 3.8) is 0 Å². The number of hydrogen-bond acceptors (Lipinski definition) is 6. The van der Waals surface area contributed by atoms with Gasteiger partial charge in [0.1, 0.15) is 10.8 Å². The minimum absolute atomic E-state index is 0.0794. The van der Waals surface area contributed by atoms with Gasteiger partial charge in [-0.15, -0.1) is 10.2 Å². The van der Waals surface area contributed by atoms with Gasteiger partial charge in [0.2, 0.25) is 16.9 Å². The maximum absolute atomic E-state index is 12.7. The van der Waals surface area contributed by atoms with Crippen molar-refractivity contribution >= 4 is 34.0 Å². The molecule has 1 aliphatic rings. The molecular formula is C22H22N4O3S. The summed E-state index contributed by atoms with van der Waals surface area (Å²) in [5.41, 5.74) is 1.97. The van der Waals surface area contributed by atoms with E-state index in [0.717, 1.165) is 23.5 Å². The van der Waals surface area contributed by atoms with Crippen LogP contribution in [0.25, 0.3) is 0 Å². The highest BCUT2D eigenvalue weighted by molar-refractivity contribution is 7.15. The van der Waals surface area contributed by atoms with Crippen LogP contribution in [0.1, 0.15) is 17.0 Å². The number of aryl methyl sites for hydroxylation is 2. The van der Waals surface area contributed by atoms with Crippen molar-refractivity contribution in [2.45, 2.75) is 19.3 Å². The van der Waals surface area contributed by atoms with E-state index >= 15 is 0 Å². The number of anilines is 2. The van der Waals surface area contributed by atoms with E-state index in [4.69, 9.17) is 4.74 Å². The van der Waals surface area contributed by atoms with E-state index in [1.54, 1.807) is 18.1 Å². The van der Waals surface area contributed by atoms with Crippen molar-refractivity contribution < 1.29 is 14.3 Å². The van der Waals surface area contributed by atoms with Gasteiger partial charge >= 0.3 is 0 Å². The number of benzene rings is 2. The van der Waals surface area contributed by atoms with Crippen LogP contribution in [-0.4, -0.2) is 35.7 Å². The quantitative estimate of drug-likeness (QED) is 0.631. The van der Waals surface area contributed by atoms with Crippen molar-refractivity contribution in [3.05, 3.63) is 65.2 Å². The summed E-state index contributed by atoms with van der Waals surface area (Å²) >= 11 is 1.37. The number of carbonyl (C=O) groups excluding carboxylic acids is 2. The average Bonchev–Trinajstić information content (AvgIpc) is 3.39. The first-order valence-corrected chi connectivity index (χ1v) is 10.6. The Morgan fingerprint density at radius 2 is 2.00 bits per heavy atom. The number of ether oxygens (including phenoxy) is 1. The van der Waals surface area contributed by atoms with E-state index in [9.17, 15) is 9.59 Å². The maximum Gasteiger partial charge on any atom is 0.231 e. The van der Waals surface area contributed by atoms with Crippen molar-refractivity contribution in [3.8, 4) is 5.75 Å². The van der Waals surface area contributed by atoms with Gasteiger partial charge < -0.3 is 15.0 Å². The van der Waals surface area contributed by atoms with Gasteiger partial charge in [0.15, 0.2) is 0 Å². The summed E-state index contributed by atoms with van der Waals surface area (Å²) in [5, 5.41) is 12.4. The van der Waals surface area contributed by atoms with Crippen LogP contribution in [0.4, 0.5) is 10.8 Å². The SMILES string of the molecule is COc1cccc(N2C[C@H](C(=O)Nc3nnc(CCc4ccccc4)s3)CC2=O)c1. The van der Waals surface area contributed by atoms with Gasteiger partial charge in [-0.1, -0.05) is 47.7 Å². The number of nitrogens with one attached hydrogen (secondary N) is 1. The molecule has 0 radical (unpaired) electrons. The molecule has 0 aliphatic carbocycles. The monoisotopic (exact) mass is 422 g/mol. The normalized spacial score (nSPS) is 16.0. The molecule has 30 heavy (non-hydrogen) atoms. The molecule has 1 saturated heterocycles. The molecule has 0 spiro atoms. The summed E-state index contributed by atoms with van der Waals surface area (Å²) in [6.07, 6.45) is 1.81. The number of rotatable bonds is 7. The Kier molecular flexibility index (Phi) is 6.04. The van der Waals surface area contributed by atoms with Gasteiger partial charge in [-0.05, 0) is 24.1 Å². The summed E-state index contributed by atoms with van der Waals surface area (Å²) in [6.45, 7) is 0.331. The molecule has 0 unspecified atom stereocenters. The minimum Gasteiger partial charge on any atom is -0.497 e. The largest absolute Gasteiger partial charge is 0.497 e. The fourth-order valence-corrected chi connectivity index (χ4v) is 4.16. The van der Waals surface area contributed by atoms with Gasteiger partial charge in [-0.25, -0.2) is 0 Å². The van der Waals surface area contributed by atoms with Crippen LogP contribution in [0.2, 0.25) is 0 Å². The average molecular weight is 423 g/mol. The predicted molar refractivity (Wildman–Crippen MR) is 116 cm³/mol. The molecule has 1 N–H and O–H groups in total. The zero-order valence-corrected chi connectivity index (χ0v) is 17.4. The topological polar surface area (TPSA) is 84.4 Å². The van der Waals surface area contributed by atoms with Gasteiger partial charge in [0.05, 0.1) is 13.0 Å². The van der Waals surface area contributed by atoms with E-state index in [1.165, 1.54) is 16.9 Å². The number of carbonyl (C=O) groups is 2. The highest BCUT2D eigenvalue weighted by Crippen LogP contribution is 2.29. The van der Waals surface area contributed by atoms with Gasteiger partial charge in [-0.3, -0.25) is 9.59 Å². The zero-order chi connectivity index (χ0) is 20.9. The van der Waals surface area contributed by atoms with Crippen LogP contribution in [-0.2, 0) is 22.4 Å². The van der Waals surface area contributed by atoms with Crippen LogP contribution in [0, 0.1) is 5.92 Å². The smallest absolute Gasteiger partial charge is 0.231 e. The van der Waals surface area contributed by atoms with E-state index in [0.29, 0.717) is 17.4 Å². The molecule has 8 heteroatoms. The second-order valence-corrected chi connectivity index (χ2v) is 8.14. The molecule has 2 amide bonds. The molecule has 1 aliphatic heterocycles. The van der Waals surface area contributed by atoms with Crippen LogP contribution in [0.3, 0.4) is 0 Å². The van der Waals surface area contributed by atoms with E-state index < -0.39 is 5.92 Å². The molecule has 3 aromatic rings. The summed E-state index contributed by atoms with van der Waals surface area (Å²) in [4.78, 5) is 26.7. The second kappa shape index (κ2) is 9.04. The third-order valence-electron chi connectivity index (χ3n) is 5.03. The fraction of sp³-hybridized carbons (Fsp3) is 0.273. The molecule has 0 saturated carbocycles. The third-order valence-corrected chi connectivity index (χ3v) is 5.93. The van der Waals surface area contributed by atoms with E-state index in [1.807, 2.05) is 36.4 Å². The van der Waals surface area contributed by atoms with Crippen molar-refractivity contribution in [1.29, 1.82) is 0 Å². The van der Waals surface area contributed by atoms with Crippen LogP contribution >= 0.6 is 11.3 Å².